The molecule has 0 spiro atoms. The molecule has 0 aliphatic rings. The van der Waals surface area contributed by atoms with Crippen LogP contribution < -0.4 is 0 Å². The molecule has 7 rings (SSSR count). The van der Waals surface area contributed by atoms with E-state index in [0.29, 0.717) is 5.71 Å². The number of furan rings is 1. The summed E-state index contributed by atoms with van der Waals surface area (Å²) in [7, 11) is 0. The Bertz CT molecular complexity index is 2160. The maximum Gasteiger partial charge on any atom is 0.216 e. The van der Waals surface area contributed by atoms with Gasteiger partial charge < -0.3 is 14.4 Å². The first-order valence-corrected chi connectivity index (χ1v) is 16.2. The van der Waals surface area contributed by atoms with Crippen molar-refractivity contribution in [3.63, 3.8) is 0 Å². The third-order valence-electron chi connectivity index (χ3n) is 8.65. The van der Waals surface area contributed by atoms with Crippen molar-refractivity contribution in [1.82, 2.24) is 15.0 Å². The van der Waals surface area contributed by atoms with Crippen molar-refractivity contribution in [2.45, 2.75) is 66.7 Å². The van der Waals surface area contributed by atoms with Crippen molar-refractivity contribution >= 4 is 22.1 Å². The van der Waals surface area contributed by atoms with Gasteiger partial charge in [-0.2, -0.15) is 0 Å². The van der Waals surface area contributed by atoms with E-state index in [4.69, 9.17) is 14.4 Å². The number of aryl methyl sites for hydroxylation is 6. The van der Waals surface area contributed by atoms with Crippen molar-refractivity contribution in [2.75, 3.05) is 0 Å². The monoisotopic (exact) mass is 808 g/mol. The number of aromatic nitrogens is 3. The van der Waals surface area contributed by atoms with E-state index in [1.165, 1.54) is 33.4 Å². The molecule has 4 nitrogen and oxygen atoms in total. The Morgan fingerprint density at radius 2 is 1.46 bits per heavy atom. The van der Waals surface area contributed by atoms with E-state index in [1.807, 2.05) is 30.6 Å². The van der Waals surface area contributed by atoms with E-state index in [2.05, 4.69) is 132 Å². The van der Waals surface area contributed by atoms with Gasteiger partial charge >= 0.3 is 0 Å². The first-order chi connectivity index (χ1) is 22.6. The van der Waals surface area contributed by atoms with Gasteiger partial charge in [0.25, 0.3) is 0 Å². The van der Waals surface area contributed by atoms with E-state index in [9.17, 15) is 0 Å². The van der Waals surface area contributed by atoms with Crippen molar-refractivity contribution in [3.8, 4) is 22.5 Å². The molecule has 0 amide bonds. The molecular weight excluding hydrogens is 767 g/mol. The van der Waals surface area contributed by atoms with Crippen molar-refractivity contribution in [1.29, 1.82) is 0 Å². The van der Waals surface area contributed by atoms with E-state index in [0.717, 1.165) is 57.4 Å². The van der Waals surface area contributed by atoms with Gasteiger partial charge in [0.1, 0.15) is 0 Å². The van der Waals surface area contributed by atoms with Crippen LogP contribution in [0.2, 0.25) is 0 Å². The number of fused-ring (bicyclic) bond motifs is 3. The maximum absolute atomic E-state index is 6.30. The summed E-state index contributed by atoms with van der Waals surface area (Å²) in [5.41, 5.74) is 13.9. The summed E-state index contributed by atoms with van der Waals surface area (Å²) < 4.78 is 6.30. The second-order valence-corrected chi connectivity index (χ2v) is 13.4. The fraction of sp³-hybridized carbons (Fsp3) is 0.233. The Kier molecular flexibility index (Phi) is 10.7. The first kappa shape index (κ1) is 34.9. The number of hydrogen-bond donors (Lipinski definition) is 0. The summed E-state index contributed by atoms with van der Waals surface area (Å²) in [5, 5.41) is 2.08. The molecule has 7 aromatic rings. The van der Waals surface area contributed by atoms with Crippen LogP contribution in [0.15, 0.2) is 102 Å². The summed E-state index contributed by atoms with van der Waals surface area (Å²) >= 11 is 0. The van der Waals surface area contributed by atoms with Crippen molar-refractivity contribution in [2.24, 2.45) is 0 Å². The molecular formula is C43H41IrN3O-2. The van der Waals surface area contributed by atoms with Gasteiger partial charge in [0, 0.05) is 43.6 Å². The minimum Gasteiger partial charge on any atom is -0.486 e. The van der Waals surface area contributed by atoms with Crippen molar-refractivity contribution in [3.05, 3.63) is 149 Å². The summed E-state index contributed by atoms with van der Waals surface area (Å²) in [5.74, 6) is 0. The topological polar surface area (TPSA) is 51.8 Å². The van der Waals surface area contributed by atoms with Gasteiger partial charge in [-0.3, -0.25) is 0 Å². The summed E-state index contributed by atoms with van der Waals surface area (Å²) in [6, 6.07) is 35.8. The zero-order valence-electron chi connectivity index (χ0n) is 28.7. The number of pyridine rings is 3. The molecule has 0 bridgehead atoms. The van der Waals surface area contributed by atoms with E-state index >= 15 is 0 Å². The molecule has 0 fully saturated rings. The molecule has 0 unspecified atom stereocenters. The molecule has 0 saturated carbocycles. The number of nitrogens with zero attached hydrogens (tertiary/aromatic N) is 3. The van der Waals surface area contributed by atoms with Gasteiger partial charge in [-0.05, 0) is 84.8 Å². The van der Waals surface area contributed by atoms with E-state index in [-0.39, 0.29) is 25.5 Å². The smallest absolute Gasteiger partial charge is 0.216 e. The Labute approximate surface area is 298 Å². The Hall–Kier alpha value is -4.44. The predicted octanol–water partition coefficient (Wildman–Crippen LogP) is 10.7. The molecule has 1 radical (unpaired) electrons. The van der Waals surface area contributed by atoms with E-state index < -0.39 is 0 Å². The summed E-state index contributed by atoms with van der Waals surface area (Å²) in [6.07, 6.45) is 5.70. The summed E-state index contributed by atoms with van der Waals surface area (Å²) in [4.78, 5) is 14.0. The van der Waals surface area contributed by atoms with Gasteiger partial charge in [-0.15, -0.1) is 53.6 Å². The Balaban J connectivity index is 0.000000237. The number of benzene rings is 3. The molecule has 0 N–H and O–H groups in total. The van der Waals surface area contributed by atoms with Crippen LogP contribution in [0.4, 0.5) is 0 Å². The van der Waals surface area contributed by atoms with Crippen LogP contribution in [0.25, 0.3) is 44.6 Å². The molecule has 0 saturated heterocycles. The van der Waals surface area contributed by atoms with Crippen LogP contribution in [0.3, 0.4) is 0 Å². The molecule has 0 aliphatic heterocycles. The largest absolute Gasteiger partial charge is 0.486 e. The second kappa shape index (κ2) is 14.8. The first-order valence-electron chi connectivity index (χ1n) is 16.2. The Morgan fingerprint density at radius 3 is 2.17 bits per heavy atom. The predicted molar refractivity (Wildman–Crippen MR) is 194 cm³/mol. The summed E-state index contributed by atoms with van der Waals surface area (Å²) in [6.45, 7) is 15.0. The molecule has 245 valence electrons. The zero-order valence-corrected chi connectivity index (χ0v) is 31.1. The van der Waals surface area contributed by atoms with Crippen LogP contribution in [0.1, 0.15) is 59.8 Å². The maximum atomic E-state index is 6.30. The SMILES string of the molecule is Cc1c[c-]c(-c2cc(C)c(C)cn2)cc1.Cc1cnc(-c2[c-]ccc3c2oc2nc(CCc4ccccc4)ccc23)cc1C(C)(C)C.[Ir]. The molecule has 4 aromatic heterocycles. The third kappa shape index (κ3) is 7.81. The van der Waals surface area contributed by atoms with Gasteiger partial charge in [0.05, 0.1) is 5.58 Å². The molecule has 5 heteroatoms. The normalized spacial score (nSPS) is 11.2. The van der Waals surface area contributed by atoms with Gasteiger partial charge in [0.15, 0.2) is 0 Å². The minimum atomic E-state index is 0. The van der Waals surface area contributed by atoms with Crippen LogP contribution in [-0.4, -0.2) is 15.0 Å². The van der Waals surface area contributed by atoms with Crippen LogP contribution in [0, 0.1) is 39.8 Å². The average molecular weight is 808 g/mol. The molecule has 0 aliphatic carbocycles. The minimum absolute atomic E-state index is 0. The molecule has 0 atom stereocenters. The van der Waals surface area contributed by atoms with Crippen molar-refractivity contribution < 1.29 is 24.5 Å². The van der Waals surface area contributed by atoms with Gasteiger partial charge in [-0.25, -0.2) is 4.98 Å². The zero-order chi connectivity index (χ0) is 33.1. The van der Waals surface area contributed by atoms with E-state index in [1.54, 1.807) is 0 Å². The number of hydrogen-bond acceptors (Lipinski definition) is 4. The third-order valence-corrected chi connectivity index (χ3v) is 8.65. The molecule has 3 aromatic carbocycles. The number of rotatable bonds is 5. The quantitative estimate of drug-likeness (QED) is 0.163. The van der Waals surface area contributed by atoms with Crippen LogP contribution >= 0.6 is 0 Å². The van der Waals surface area contributed by atoms with Crippen LogP contribution in [-0.2, 0) is 38.4 Å². The molecule has 4 heterocycles. The molecule has 48 heavy (non-hydrogen) atoms. The standard InChI is InChI=1S/C29H27N2O.C14H14N.Ir/c1-19-18-30-26(17-25(19)29(2,3)4)24-12-8-11-22-23-16-15-21(31-28(23)32-27(22)24)14-13-20-9-6-5-7-10-20;1-10-4-6-13(7-5-10)14-8-11(2)12(3)9-15-14;/h5-11,15-18H,13-14H2,1-4H3;4-6,8-9H,1-3H3;/q2*-1;. The Morgan fingerprint density at radius 1 is 0.708 bits per heavy atom. The fourth-order valence-electron chi connectivity index (χ4n) is 5.81. The fourth-order valence-corrected chi connectivity index (χ4v) is 5.81. The van der Waals surface area contributed by atoms with Gasteiger partial charge in [-0.1, -0.05) is 86.7 Å². The second-order valence-electron chi connectivity index (χ2n) is 13.4. The van der Waals surface area contributed by atoms with Gasteiger partial charge in [0.2, 0.25) is 5.71 Å². The average Bonchev–Trinajstić information content (AvgIpc) is 3.44. The van der Waals surface area contributed by atoms with Crippen LogP contribution in [0.5, 0.6) is 0 Å².